The quantitative estimate of drug-likeness (QED) is 0.450. The summed E-state index contributed by atoms with van der Waals surface area (Å²) in [7, 11) is 0. The largest absolute Gasteiger partial charge is 0.305 e. The summed E-state index contributed by atoms with van der Waals surface area (Å²) in [5, 5.41) is 7.94. The van der Waals surface area contributed by atoms with Gasteiger partial charge in [-0.05, 0) is 35.9 Å². The first kappa shape index (κ1) is 22.1. The van der Waals surface area contributed by atoms with E-state index in [1.54, 1.807) is 40.2 Å². The predicted molar refractivity (Wildman–Crippen MR) is 123 cm³/mol. The van der Waals surface area contributed by atoms with Gasteiger partial charge in [-0.2, -0.15) is 5.10 Å². The summed E-state index contributed by atoms with van der Waals surface area (Å²) >= 11 is 0. The van der Waals surface area contributed by atoms with Gasteiger partial charge in [-0.25, -0.2) is 22.8 Å². The Bertz CT molecular complexity index is 1320. The van der Waals surface area contributed by atoms with E-state index >= 15 is 0 Å². The van der Waals surface area contributed by atoms with Crippen LogP contribution in [0, 0.1) is 5.82 Å². The molecule has 1 N–H and O–H groups in total. The number of rotatable bonds is 6. The van der Waals surface area contributed by atoms with Crippen LogP contribution in [0.15, 0.2) is 73.1 Å². The Morgan fingerprint density at radius 3 is 2.50 bits per heavy atom. The molecule has 1 aliphatic heterocycles. The van der Waals surface area contributed by atoms with Crippen molar-refractivity contribution >= 4 is 22.6 Å². The van der Waals surface area contributed by atoms with Gasteiger partial charge in [0.2, 0.25) is 5.91 Å². The van der Waals surface area contributed by atoms with Gasteiger partial charge in [-0.15, -0.1) is 0 Å². The van der Waals surface area contributed by atoms with E-state index in [-0.39, 0.29) is 18.1 Å². The molecule has 4 aromatic rings. The molecular formula is C25H22F3N5O. The molecule has 1 aliphatic rings. The van der Waals surface area contributed by atoms with Crippen molar-refractivity contribution in [2.24, 2.45) is 0 Å². The molecular weight excluding hydrogens is 443 g/mol. The van der Waals surface area contributed by atoms with Crippen molar-refractivity contribution in [3.8, 4) is 5.69 Å². The highest BCUT2D eigenvalue weighted by atomic mass is 19.3. The molecule has 2 aromatic carbocycles. The van der Waals surface area contributed by atoms with Gasteiger partial charge in [0.1, 0.15) is 5.82 Å². The molecule has 2 aromatic heterocycles. The summed E-state index contributed by atoms with van der Waals surface area (Å²) in [6.45, 7) is 0.326. The highest BCUT2D eigenvalue weighted by molar-refractivity contribution is 5.98. The highest BCUT2D eigenvalue weighted by Gasteiger charge is 2.42. The average molecular weight is 465 g/mol. The zero-order chi connectivity index (χ0) is 23.9. The third-order valence-electron chi connectivity index (χ3n) is 5.88. The van der Waals surface area contributed by atoms with E-state index in [9.17, 15) is 18.0 Å². The normalized spacial score (nSPS) is 18.7. The number of benzene rings is 2. The minimum absolute atomic E-state index is 0.0858. The average Bonchev–Trinajstić information content (AvgIpc) is 3.38. The van der Waals surface area contributed by atoms with Gasteiger partial charge in [0.15, 0.2) is 5.65 Å². The number of nitrogens with zero attached hydrogens (tertiary/aromatic N) is 4. The number of carbonyl (C=O) groups is 1. The molecule has 3 heterocycles. The zero-order valence-electron chi connectivity index (χ0n) is 18.3. The second-order valence-electron chi connectivity index (χ2n) is 8.52. The Morgan fingerprint density at radius 1 is 1.06 bits per heavy atom. The second-order valence-corrected chi connectivity index (χ2v) is 8.52. The summed E-state index contributed by atoms with van der Waals surface area (Å²) in [4.78, 5) is 19.2. The molecule has 0 aliphatic carbocycles. The topological polar surface area (TPSA) is 63.1 Å². The fourth-order valence-electron chi connectivity index (χ4n) is 4.38. The van der Waals surface area contributed by atoms with Crippen molar-refractivity contribution in [3.63, 3.8) is 0 Å². The second kappa shape index (κ2) is 8.57. The van der Waals surface area contributed by atoms with Crippen molar-refractivity contribution in [1.82, 2.24) is 20.1 Å². The molecule has 0 saturated carbocycles. The number of halogens is 3. The summed E-state index contributed by atoms with van der Waals surface area (Å²) in [5.41, 5.74) is 2.60. The molecule has 2 unspecified atom stereocenters. The molecule has 5 rings (SSSR count). The highest BCUT2D eigenvalue weighted by Crippen LogP contribution is 2.38. The number of hydrogen-bond donors (Lipinski definition) is 1. The standard InChI is InChI=1S/C25H22F3N5O/c1-25(27,28)15-30-21-12-22(34)32(23(21)16-5-3-2-4-6-16)20-11-17-13-31-33(24(17)29-14-20)19-9-7-18(26)8-10-19/h2-11,13-14,21,23,30H,12,15H2,1H3. The maximum atomic E-state index is 13.6. The maximum Gasteiger partial charge on any atom is 0.257 e. The van der Waals surface area contributed by atoms with Crippen molar-refractivity contribution in [2.75, 3.05) is 11.4 Å². The lowest BCUT2D eigenvalue weighted by atomic mass is 9.99. The first-order valence-corrected chi connectivity index (χ1v) is 10.9. The smallest absolute Gasteiger partial charge is 0.257 e. The summed E-state index contributed by atoms with van der Waals surface area (Å²) in [6.07, 6.45) is 3.29. The van der Waals surface area contributed by atoms with Gasteiger partial charge in [-0.1, -0.05) is 30.3 Å². The van der Waals surface area contributed by atoms with Crippen LogP contribution in [0.3, 0.4) is 0 Å². The molecule has 0 radical (unpaired) electrons. The van der Waals surface area contributed by atoms with Crippen LogP contribution in [0.1, 0.15) is 24.9 Å². The fourth-order valence-corrected chi connectivity index (χ4v) is 4.38. The fraction of sp³-hybridized carbons (Fsp3) is 0.240. The number of pyridine rings is 1. The van der Waals surface area contributed by atoms with Crippen molar-refractivity contribution in [2.45, 2.75) is 31.4 Å². The molecule has 6 nitrogen and oxygen atoms in total. The van der Waals surface area contributed by atoms with Crippen LogP contribution in [0.4, 0.5) is 18.9 Å². The Hall–Kier alpha value is -3.72. The molecule has 174 valence electrons. The molecule has 0 bridgehead atoms. The van der Waals surface area contributed by atoms with Crippen LogP contribution < -0.4 is 10.2 Å². The van der Waals surface area contributed by atoms with Crippen LogP contribution >= 0.6 is 0 Å². The Balaban J connectivity index is 1.52. The van der Waals surface area contributed by atoms with Gasteiger partial charge in [0, 0.05) is 24.8 Å². The monoisotopic (exact) mass is 465 g/mol. The molecule has 1 amide bonds. The number of anilines is 1. The minimum Gasteiger partial charge on any atom is -0.305 e. The summed E-state index contributed by atoms with van der Waals surface area (Å²) in [6, 6.07) is 16.1. The van der Waals surface area contributed by atoms with E-state index in [2.05, 4.69) is 15.4 Å². The van der Waals surface area contributed by atoms with Gasteiger partial charge in [0.25, 0.3) is 5.92 Å². The molecule has 2 atom stereocenters. The van der Waals surface area contributed by atoms with Crippen molar-refractivity contribution < 1.29 is 18.0 Å². The molecule has 1 fully saturated rings. The van der Waals surface area contributed by atoms with Crippen molar-refractivity contribution in [1.29, 1.82) is 0 Å². The van der Waals surface area contributed by atoms with E-state index in [0.717, 1.165) is 12.5 Å². The summed E-state index contributed by atoms with van der Waals surface area (Å²) in [5.74, 6) is -3.43. The number of hydrogen-bond acceptors (Lipinski definition) is 4. The Labute approximate surface area is 194 Å². The first-order chi connectivity index (χ1) is 16.3. The maximum absolute atomic E-state index is 13.6. The Morgan fingerprint density at radius 2 is 1.79 bits per heavy atom. The van der Waals surface area contributed by atoms with Crippen LogP contribution in [-0.4, -0.2) is 39.2 Å². The van der Waals surface area contributed by atoms with E-state index in [4.69, 9.17) is 0 Å². The van der Waals surface area contributed by atoms with Gasteiger partial charge >= 0.3 is 0 Å². The third kappa shape index (κ3) is 4.26. The van der Waals surface area contributed by atoms with E-state index < -0.39 is 24.6 Å². The van der Waals surface area contributed by atoms with Crippen LogP contribution in [0.5, 0.6) is 0 Å². The molecule has 0 spiro atoms. The lowest BCUT2D eigenvalue weighted by Crippen LogP contribution is -2.41. The first-order valence-electron chi connectivity index (χ1n) is 10.9. The Kier molecular flexibility index (Phi) is 5.57. The SMILES string of the molecule is CC(F)(F)CNC1CC(=O)N(c2cnc3c(cnn3-c3ccc(F)cc3)c2)C1c1ccccc1. The van der Waals surface area contributed by atoms with E-state index in [1.807, 2.05) is 30.3 Å². The molecule has 34 heavy (non-hydrogen) atoms. The zero-order valence-corrected chi connectivity index (χ0v) is 18.3. The lowest BCUT2D eigenvalue weighted by molar-refractivity contribution is -0.117. The van der Waals surface area contributed by atoms with Crippen LogP contribution in [0.2, 0.25) is 0 Å². The third-order valence-corrected chi connectivity index (χ3v) is 5.88. The molecule has 1 saturated heterocycles. The van der Waals surface area contributed by atoms with Gasteiger partial charge in [0.05, 0.1) is 36.4 Å². The number of carbonyl (C=O) groups excluding carboxylic acids is 1. The van der Waals surface area contributed by atoms with Gasteiger partial charge < -0.3 is 10.2 Å². The summed E-state index contributed by atoms with van der Waals surface area (Å²) < 4.78 is 42.0. The van der Waals surface area contributed by atoms with Crippen molar-refractivity contribution in [3.05, 3.63) is 84.4 Å². The van der Waals surface area contributed by atoms with Crippen LogP contribution in [0.25, 0.3) is 16.7 Å². The minimum atomic E-state index is -2.90. The number of alkyl halides is 2. The number of fused-ring (bicyclic) bond motifs is 1. The number of amides is 1. The number of aromatic nitrogens is 3. The van der Waals surface area contributed by atoms with Gasteiger partial charge in [-0.3, -0.25) is 4.79 Å². The lowest BCUT2D eigenvalue weighted by Gasteiger charge is -2.29. The predicted octanol–water partition coefficient (Wildman–Crippen LogP) is 4.65. The number of nitrogens with one attached hydrogen (secondary N) is 1. The van der Waals surface area contributed by atoms with Crippen LogP contribution in [-0.2, 0) is 4.79 Å². The molecule has 9 heteroatoms. The van der Waals surface area contributed by atoms with E-state index in [1.165, 1.54) is 12.1 Å². The van der Waals surface area contributed by atoms with E-state index in [0.29, 0.717) is 22.4 Å².